The minimum absolute atomic E-state index is 0.000556. The number of hydrogen-bond donors (Lipinski definition) is 1. The highest BCUT2D eigenvalue weighted by atomic mass is 16.2. The first-order valence-electron chi connectivity index (χ1n) is 11.5. The van der Waals surface area contributed by atoms with Gasteiger partial charge < -0.3 is 15.1 Å². The van der Waals surface area contributed by atoms with Gasteiger partial charge in [0.05, 0.1) is 6.04 Å². The van der Waals surface area contributed by atoms with E-state index in [9.17, 15) is 4.79 Å². The average molecular weight is 424 g/mol. The van der Waals surface area contributed by atoms with Gasteiger partial charge in [-0.05, 0) is 63.4 Å². The Morgan fingerprint density at radius 3 is 2.58 bits per heavy atom. The number of benzene rings is 1. The monoisotopic (exact) mass is 423 g/mol. The van der Waals surface area contributed by atoms with Crippen LogP contribution in [0.3, 0.4) is 0 Å². The first-order valence-corrected chi connectivity index (χ1v) is 11.5. The highest BCUT2D eigenvalue weighted by molar-refractivity contribution is 5.75. The average Bonchev–Trinajstić information content (AvgIpc) is 2.79. The van der Waals surface area contributed by atoms with Crippen LogP contribution < -0.4 is 10.2 Å². The molecule has 1 aromatic heterocycles. The quantitative estimate of drug-likeness (QED) is 0.695. The van der Waals surface area contributed by atoms with Crippen LogP contribution in [0.25, 0.3) is 0 Å². The number of nitrogens with zero attached hydrogens (tertiary/aromatic N) is 4. The van der Waals surface area contributed by atoms with Gasteiger partial charge in [-0.15, -0.1) is 0 Å². The second-order valence-corrected chi connectivity index (χ2v) is 8.56. The fourth-order valence-corrected chi connectivity index (χ4v) is 4.19. The first-order chi connectivity index (χ1) is 15.0. The van der Waals surface area contributed by atoms with Crippen LogP contribution in [0.5, 0.6) is 0 Å². The molecule has 0 spiro atoms. The fourth-order valence-electron chi connectivity index (χ4n) is 4.19. The van der Waals surface area contributed by atoms with Gasteiger partial charge >= 0.3 is 6.03 Å². The lowest BCUT2D eigenvalue weighted by Crippen LogP contribution is -2.49. The van der Waals surface area contributed by atoms with Gasteiger partial charge in [0, 0.05) is 63.4 Å². The van der Waals surface area contributed by atoms with E-state index in [1.807, 2.05) is 30.2 Å². The lowest BCUT2D eigenvalue weighted by Gasteiger charge is -2.36. The topological polar surface area (TPSA) is 51.7 Å². The highest BCUT2D eigenvalue weighted by Crippen LogP contribution is 2.20. The van der Waals surface area contributed by atoms with E-state index in [0.29, 0.717) is 6.54 Å². The molecule has 0 saturated carbocycles. The molecule has 2 heterocycles. The van der Waals surface area contributed by atoms with Crippen molar-refractivity contribution in [1.29, 1.82) is 0 Å². The summed E-state index contributed by atoms with van der Waals surface area (Å²) in [4.78, 5) is 23.9. The molecule has 0 radical (unpaired) electrons. The summed E-state index contributed by atoms with van der Waals surface area (Å²) < 4.78 is 0. The first kappa shape index (κ1) is 23.1. The zero-order valence-electron chi connectivity index (χ0n) is 19.4. The summed E-state index contributed by atoms with van der Waals surface area (Å²) in [5.41, 5.74) is 3.68. The minimum Gasteiger partial charge on any atom is -0.369 e. The molecule has 3 rings (SSSR count). The van der Waals surface area contributed by atoms with Gasteiger partial charge in [0.25, 0.3) is 0 Å². The number of carbonyl (C=O) groups excluding carboxylic acids is 1. The Bertz CT molecular complexity index is 820. The van der Waals surface area contributed by atoms with Crippen LogP contribution in [0.2, 0.25) is 0 Å². The van der Waals surface area contributed by atoms with Crippen LogP contribution in [-0.2, 0) is 0 Å². The summed E-state index contributed by atoms with van der Waals surface area (Å²) in [6, 6.07) is 12.8. The van der Waals surface area contributed by atoms with Crippen molar-refractivity contribution < 1.29 is 4.79 Å². The van der Waals surface area contributed by atoms with Gasteiger partial charge in [0.15, 0.2) is 0 Å². The summed E-state index contributed by atoms with van der Waals surface area (Å²) in [5, 5.41) is 3.19. The lowest BCUT2D eigenvalue weighted by atomic mass is 10.1. The second-order valence-electron chi connectivity index (χ2n) is 8.56. The lowest BCUT2D eigenvalue weighted by molar-refractivity contribution is 0.176. The van der Waals surface area contributed by atoms with Crippen molar-refractivity contribution in [2.75, 3.05) is 44.2 Å². The van der Waals surface area contributed by atoms with Crippen molar-refractivity contribution >= 4 is 11.7 Å². The van der Waals surface area contributed by atoms with Crippen LogP contribution >= 0.6 is 0 Å². The number of rotatable bonds is 8. The third-order valence-corrected chi connectivity index (χ3v) is 6.22. The summed E-state index contributed by atoms with van der Waals surface area (Å²) in [6.07, 6.45) is 4.55. The van der Waals surface area contributed by atoms with Crippen molar-refractivity contribution in [3.8, 4) is 0 Å². The number of amides is 2. The van der Waals surface area contributed by atoms with E-state index in [-0.39, 0.29) is 18.1 Å². The Balaban J connectivity index is 1.42. The van der Waals surface area contributed by atoms with E-state index in [0.717, 1.165) is 44.7 Å². The van der Waals surface area contributed by atoms with E-state index in [1.165, 1.54) is 11.3 Å². The number of carbonyl (C=O) groups is 1. The van der Waals surface area contributed by atoms with Crippen molar-refractivity contribution in [1.82, 2.24) is 20.1 Å². The maximum absolute atomic E-state index is 12.9. The van der Waals surface area contributed by atoms with E-state index in [4.69, 9.17) is 0 Å². The predicted octanol–water partition coefficient (Wildman–Crippen LogP) is 4.08. The van der Waals surface area contributed by atoms with Crippen LogP contribution in [0.1, 0.15) is 44.4 Å². The normalized spacial score (nSPS) is 16.6. The van der Waals surface area contributed by atoms with Crippen LogP contribution in [0, 0.1) is 6.92 Å². The summed E-state index contributed by atoms with van der Waals surface area (Å²) in [6.45, 7) is 14.2. The molecule has 0 bridgehead atoms. The molecule has 1 aromatic carbocycles. The maximum atomic E-state index is 12.9. The zero-order chi connectivity index (χ0) is 22.2. The molecule has 2 amide bonds. The number of pyridine rings is 1. The molecule has 1 saturated heterocycles. The van der Waals surface area contributed by atoms with Gasteiger partial charge in [-0.3, -0.25) is 9.88 Å². The number of urea groups is 1. The molecule has 1 N–H and O–H groups in total. The third kappa shape index (κ3) is 6.44. The molecule has 1 fully saturated rings. The zero-order valence-corrected chi connectivity index (χ0v) is 19.4. The van der Waals surface area contributed by atoms with E-state index in [2.05, 4.69) is 65.1 Å². The van der Waals surface area contributed by atoms with Crippen molar-refractivity contribution in [3.05, 3.63) is 59.9 Å². The van der Waals surface area contributed by atoms with E-state index < -0.39 is 0 Å². The smallest absolute Gasteiger partial charge is 0.318 e. The molecule has 1 aliphatic heterocycles. The number of aryl methyl sites for hydroxylation is 1. The van der Waals surface area contributed by atoms with Gasteiger partial charge in [-0.1, -0.05) is 18.2 Å². The van der Waals surface area contributed by atoms with Crippen molar-refractivity contribution in [2.45, 2.75) is 46.2 Å². The fraction of sp³-hybridized carbons (Fsp3) is 0.520. The van der Waals surface area contributed by atoms with Crippen molar-refractivity contribution in [2.24, 2.45) is 0 Å². The standard InChI is InChI=1S/C25H37N5O/c1-5-30(22(4)23-9-7-12-26-19-23)25(31)27-21(3)11-13-28-14-16-29(17-15-28)24-10-6-8-20(2)18-24/h6-10,12,18-19,21-22H,5,11,13-17H2,1-4H3,(H,27,31). The third-order valence-electron chi connectivity index (χ3n) is 6.22. The summed E-state index contributed by atoms with van der Waals surface area (Å²) in [5.74, 6) is 0. The largest absolute Gasteiger partial charge is 0.369 e. The van der Waals surface area contributed by atoms with Crippen molar-refractivity contribution in [3.63, 3.8) is 0 Å². The number of hydrogen-bond acceptors (Lipinski definition) is 4. The minimum atomic E-state index is -0.00406. The van der Waals surface area contributed by atoms with Gasteiger partial charge in [0.1, 0.15) is 0 Å². The SMILES string of the molecule is CCN(C(=O)NC(C)CCN1CCN(c2cccc(C)c2)CC1)C(C)c1cccnc1. The van der Waals surface area contributed by atoms with Crippen LogP contribution in [0.4, 0.5) is 10.5 Å². The number of nitrogens with one attached hydrogen (secondary N) is 1. The van der Waals surface area contributed by atoms with Gasteiger partial charge in [-0.25, -0.2) is 4.79 Å². The molecular weight excluding hydrogens is 386 g/mol. The van der Waals surface area contributed by atoms with E-state index >= 15 is 0 Å². The van der Waals surface area contributed by atoms with E-state index in [1.54, 1.807) is 6.20 Å². The molecule has 0 aliphatic carbocycles. The predicted molar refractivity (Wildman–Crippen MR) is 127 cm³/mol. The summed E-state index contributed by atoms with van der Waals surface area (Å²) in [7, 11) is 0. The molecule has 6 nitrogen and oxygen atoms in total. The number of piperazine rings is 1. The van der Waals surface area contributed by atoms with Crippen LogP contribution in [0.15, 0.2) is 48.8 Å². The van der Waals surface area contributed by atoms with Gasteiger partial charge in [-0.2, -0.15) is 0 Å². The highest BCUT2D eigenvalue weighted by Gasteiger charge is 2.22. The Morgan fingerprint density at radius 1 is 1.16 bits per heavy atom. The Morgan fingerprint density at radius 2 is 1.94 bits per heavy atom. The molecule has 2 atom stereocenters. The molecular formula is C25H37N5O. The molecule has 2 unspecified atom stereocenters. The molecule has 2 aromatic rings. The van der Waals surface area contributed by atoms with Gasteiger partial charge in [0.2, 0.25) is 0 Å². The second kappa shape index (κ2) is 11.1. The van der Waals surface area contributed by atoms with Crippen LogP contribution in [-0.4, -0.2) is 66.1 Å². The molecule has 1 aliphatic rings. The Labute approximate surface area is 187 Å². The Hall–Kier alpha value is -2.60. The number of aromatic nitrogens is 1. The maximum Gasteiger partial charge on any atom is 0.318 e. The molecule has 31 heavy (non-hydrogen) atoms. The Kier molecular flexibility index (Phi) is 8.29. The summed E-state index contributed by atoms with van der Waals surface area (Å²) >= 11 is 0. The molecule has 6 heteroatoms. The number of anilines is 1. The molecule has 168 valence electrons.